The fraction of sp³-hybridized carbons (Fsp3) is 0.583. The zero-order chi connectivity index (χ0) is 12.0. The first-order chi connectivity index (χ1) is 7.34. The SMILES string of the molecule is Cc1ccnc(C2(O[Si](C)(C)C)CC2)c1Br. The first-order valence-corrected chi connectivity index (χ1v) is 9.86. The van der Waals surface area contributed by atoms with Crippen LogP contribution < -0.4 is 0 Å². The molecular formula is C12H18BrNOSi. The van der Waals surface area contributed by atoms with Crippen molar-refractivity contribution >= 4 is 24.2 Å². The second-order valence-corrected chi connectivity index (χ2v) is 10.7. The summed E-state index contributed by atoms with van der Waals surface area (Å²) in [6.45, 7) is 8.80. The van der Waals surface area contributed by atoms with Crippen molar-refractivity contribution in [3.8, 4) is 0 Å². The molecule has 0 N–H and O–H groups in total. The number of hydrogen-bond donors (Lipinski definition) is 0. The second-order valence-electron chi connectivity index (χ2n) is 5.50. The van der Waals surface area contributed by atoms with Crippen LogP contribution in [0.15, 0.2) is 16.7 Å². The summed E-state index contributed by atoms with van der Waals surface area (Å²) in [6, 6.07) is 2.03. The standard InChI is InChI=1S/C12H18BrNOSi/c1-9-5-8-14-11(10(9)13)12(6-7-12)15-16(2,3)4/h5,8H,6-7H2,1-4H3. The van der Waals surface area contributed by atoms with E-state index in [4.69, 9.17) is 4.43 Å². The minimum atomic E-state index is -1.51. The molecule has 1 aromatic heterocycles. The highest BCUT2D eigenvalue weighted by Gasteiger charge is 2.50. The van der Waals surface area contributed by atoms with Crippen molar-refractivity contribution in [2.75, 3.05) is 0 Å². The number of nitrogens with zero attached hydrogens (tertiary/aromatic N) is 1. The van der Waals surface area contributed by atoms with Crippen LogP contribution in [0, 0.1) is 6.92 Å². The predicted octanol–water partition coefficient (Wildman–Crippen LogP) is 3.99. The maximum Gasteiger partial charge on any atom is 0.185 e. The molecule has 0 spiro atoms. The highest BCUT2D eigenvalue weighted by atomic mass is 79.9. The Bertz CT molecular complexity index is 410. The van der Waals surface area contributed by atoms with Crippen LogP contribution in [0.25, 0.3) is 0 Å². The van der Waals surface area contributed by atoms with Gasteiger partial charge in [-0.25, -0.2) is 0 Å². The fourth-order valence-electron chi connectivity index (χ4n) is 1.94. The number of halogens is 1. The Morgan fingerprint density at radius 1 is 1.38 bits per heavy atom. The number of rotatable bonds is 3. The van der Waals surface area contributed by atoms with Gasteiger partial charge in [0.15, 0.2) is 8.32 Å². The lowest BCUT2D eigenvalue weighted by Crippen LogP contribution is -2.32. The van der Waals surface area contributed by atoms with Crippen molar-refractivity contribution in [1.29, 1.82) is 0 Å². The van der Waals surface area contributed by atoms with Crippen LogP contribution in [0.1, 0.15) is 24.1 Å². The lowest BCUT2D eigenvalue weighted by atomic mass is 10.1. The molecule has 0 amide bonds. The largest absolute Gasteiger partial charge is 0.407 e. The zero-order valence-corrected chi connectivity index (χ0v) is 12.9. The number of hydrogen-bond acceptors (Lipinski definition) is 2. The highest BCUT2D eigenvalue weighted by molar-refractivity contribution is 9.10. The van der Waals surface area contributed by atoms with Crippen LogP contribution in [0.4, 0.5) is 0 Å². The van der Waals surface area contributed by atoms with E-state index in [9.17, 15) is 0 Å². The molecule has 0 aromatic carbocycles. The van der Waals surface area contributed by atoms with Crippen molar-refractivity contribution in [2.45, 2.75) is 45.0 Å². The predicted molar refractivity (Wildman–Crippen MR) is 72.0 cm³/mol. The topological polar surface area (TPSA) is 22.1 Å². The van der Waals surface area contributed by atoms with Crippen LogP contribution in [-0.2, 0) is 10.0 Å². The molecule has 1 aromatic rings. The van der Waals surface area contributed by atoms with Gasteiger partial charge in [0.25, 0.3) is 0 Å². The summed E-state index contributed by atoms with van der Waals surface area (Å²) in [7, 11) is -1.51. The van der Waals surface area contributed by atoms with Gasteiger partial charge in [0.1, 0.15) is 0 Å². The van der Waals surface area contributed by atoms with E-state index in [1.165, 1.54) is 5.56 Å². The zero-order valence-electron chi connectivity index (χ0n) is 10.3. The van der Waals surface area contributed by atoms with Crippen molar-refractivity contribution in [3.63, 3.8) is 0 Å². The Morgan fingerprint density at radius 2 is 2.00 bits per heavy atom. The van der Waals surface area contributed by atoms with Gasteiger partial charge in [-0.3, -0.25) is 4.98 Å². The summed E-state index contributed by atoms with van der Waals surface area (Å²) in [4.78, 5) is 4.51. The molecule has 2 rings (SSSR count). The van der Waals surface area contributed by atoms with Crippen molar-refractivity contribution < 1.29 is 4.43 Å². The molecule has 1 heterocycles. The summed E-state index contributed by atoms with van der Waals surface area (Å²) in [5.41, 5.74) is 2.24. The normalized spacial score (nSPS) is 18.6. The third-order valence-corrected chi connectivity index (χ3v) is 4.72. The summed E-state index contributed by atoms with van der Waals surface area (Å²) < 4.78 is 7.42. The van der Waals surface area contributed by atoms with Gasteiger partial charge in [-0.1, -0.05) is 0 Å². The molecule has 4 heteroatoms. The van der Waals surface area contributed by atoms with Gasteiger partial charge in [-0.2, -0.15) is 0 Å². The fourth-order valence-corrected chi connectivity index (χ4v) is 4.01. The van der Waals surface area contributed by atoms with Crippen LogP contribution >= 0.6 is 15.9 Å². The second kappa shape index (κ2) is 3.93. The van der Waals surface area contributed by atoms with E-state index in [0.29, 0.717) is 0 Å². The van der Waals surface area contributed by atoms with E-state index in [2.05, 4.69) is 47.5 Å². The van der Waals surface area contributed by atoms with Gasteiger partial charge >= 0.3 is 0 Å². The summed E-state index contributed by atoms with van der Waals surface area (Å²) in [6.07, 6.45) is 4.09. The summed E-state index contributed by atoms with van der Waals surface area (Å²) in [5, 5.41) is 0. The van der Waals surface area contributed by atoms with E-state index >= 15 is 0 Å². The quantitative estimate of drug-likeness (QED) is 0.787. The van der Waals surface area contributed by atoms with Gasteiger partial charge in [-0.15, -0.1) is 0 Å². The summed E-state index contributed by atoms with van der Waals surface area (Å²) in [5.74, 6) is 0. The Hall–Kier alpha value is -0.193. The monoisotopic (exact) mass is 299 g/mol. The molecule has 2 nitrogen and oxygen atoms in total. The maximum atomic E-state index is 6.30. The molecule has 0 radical (unpaired) electrons. The maximum absolute atomic E-state index is 6.30. The molecule has 0 unspecified atom stereocenters. The Kier molecular flexibility index (Phi) is 3.01. The molecule has 0 bridgehead atoms. The first kappa shape index (κ1) is 12.3. The molecule has 0 atom stereocenters. The average molecular weight is 300 g/mol. The van der Waals surface area contributed by atoms with Gasteiger partial charge in [0, 0.05) is 10.7 Å². The van der Waals surface area contributed by atoms with E-state index in [1.54, 1.807) is 0 Å². The third kappa shape index (κ3) is 2.39. The Morgan fingerprint density at radius 3 is 2.50 bits per heavy atom. The first-order valence-electron chi connectivity index (χ1n) is 5.66. The molecule has 1 aliphatic carbocycles. The molecule has 16 heavy (non-hydrogen) atoms. The third-order valence-electron chi connectivity index (χ3n) is 2.72. The summed E-state index contributed by atoms with van der Waals surface area (Å²) >= 11 is 3.64. The van der Waals surface area contributed by atoms with E-state index in [-0.39, 0.29) is 5.60 Å². The smallest absolute Gasteiger partial charge is 0.185 e. The minimum absolute atomic E-state index is 0.0880. The van der Waals surface area contributed by atoms with Crippen LogP contribution in [-0.4, -0.2) is 13.3 Å². The van der Waals surface area contributed by atoms with Crippen molar-refractivity contribution in [1.82, 2.24) is 4.98 Å². The van der Waals surface area contributed by atoms with Gasteiger partial charge in [-0.05, 0) is 67.0 Å². The molecule has 1 saturated carbocycles. The molecule has 1 fully saturated rings. The molecular weight excluding hydrogens is 282 g/mol. The van der Waals surface area contributed by atoms with Crippen LogP contribution in [0.3, 0.4) is 0 Å². The van der Waals surface area contributed by atoms with Gasteiger partial charge < -0.3 is 4.43 Å². The number of aryl methyl sites for hydroxylation is 1. The van der Waals surface area contributed by atoms with E-state index < -0.39 is 8.32 Å². The van der Waals surface area contributed by atoms with Crippen molar-refractivity contribution in [2.24, 2.45) is 0 Å². The van der Waals surface area contributed by atoms with E-state index in [1.807, 2.05) is 12.3 Å². The minimum Gasteiger partial charge on any atom is -0.407 e. The molecule has 1 aliphatic rings. The lowest BCUT2D eigenvalue weighted by molar-refractivity contribution is 0.166. The molecule has 88 valence electrons. The van der Waals surface area contributed by atoms with Gasteiger partial charge in [0.2, 0.25) is 0 Å². The van der Waals surface area contributed by atoms with E-state index in [0.717, 1.165) is 23.0 Å². The van der Waals surface area contributed by atoms with Crippen molar-refractivity contribution in [3.05, 3.63) is 28.0 Å². The number of pyridine rings is 1. The molecule has 0 aliphatic heterocycles. The van der Waals surface area contributed by atoms with Crippen LogP contribution in [0.5, 0.6) is 0 Å². The highest BCUT2D eigenvalue weighted by Crippen LogP contribution is 2.52. The van der Waals surface area contributed by atoms with Crippen LogP contribution in [0.2, 0.25) is 19.6 Å². The Balaban J connectivity index is 2.34. The molecule has 0 saturated heterocycles. The lowest BCUT2D eigenvalue weighted by Gasteiger charge is -2.26. The average Bonchev–Trinajstić information content (AvgIpc) is 2.87. The van der Waals surface area contributed by atoms with Gasteiger partial charge in [0.05, 0.1) is 11.3 Å². The Labute approximate surface area is 107 Å². The number of aromatic nitrogens is 1.